The number of hydrogen-bond donors (Lipinski definition) is 0. The van der Waals surface area contributed by atoms with Crippen LogP contribution in [0.15, 0.2) is 0 Å². The Morgan fingerprint density at radius 3 is 0.900 bits per heavy atom. The summed E-state index contributed by atoms with van der Waals surface area (Å²) in [4.78, 5) is 0. The Kier molecular flexibility index (Phi) is 12.8. The first kappa shape index (κ1) is 17.4. The largest absolute Gasteiger partial charge is 0.377 e. The normalized spacial score (nSPS) is 22.4. The monoisotopic (exact) mass is 288 g/mol. The van der Waals surface area contributed by atoms with Crippen LogP contribution in [0.2, 0.25) is 0 Å². The van der Waals surface area contributed by atoms with Crippen molar-refractivity contribution < 1.29 is 28.4 Å². The van der Waals surface area contributed by atoms with Gasteiger partial charge in [0.05, 0.1) is 66.1 Å². The quantitative estimate of drug-likeness (QED) is 0.590. The minimum atomic E-state index is 0.400. The molecule has 0 atom stereocenters. The van der Waals surface area contributed by atoms with E-state index in [1.807, 2.05) is 0 Å². The molecular weight excluding hydrogens is 264 g/mol. The van der Waals surface area contributed by atoms with E-state index in [2.05, 4.69) is 11.8 Å². The van der Waals surface area contributed by atoms with E-state index in [0.717, 1.165) is 0 Å². The molecule has 0 bridgehead atoms. The molecule has 6 heteroatoms. The summed E-state index contributed by atoms with van der Waals surface area (Å²) in [6, 6.07) is 0. The zero-order chi connectivity index (χ0) is 14.1. The van der Waals surface area contributed by atoms with E-state index in [9.17, 15) is 0 Å². The van der Waals surface area contributed by atoms with Crippen molar-refractivity contribution in [2.45, 2.75) is 0 Å². The Hall–Kier alpha value is -0.680. The highest BCUT2D eigenvalue weighted by Gasteiger charge is 1.93. The van der Waals surface area contributed by atoms with Gasteiger partial charge in [-0.05, 0) is 0 Å². The highest BCUT2D eigenvalue weighted by molar-refractivity contribution is 4.99. The summed E-state index contributed by atoms with van der Waals surface area (Å²) in [5.74, 6) is 5.74. The molecule has 0 N–H and O–H groups in total. The number of hydrogen-bond acceptors (Lipinski definition) is 6. The highest BCUT2D eigenvalue weighted by atomic mass is 16.6. The molecule has 1 rings (SSSR count). The molecule has 1 aliphatic heterocycles. The van der Waals surface area contributed by atoms with Crippen LogP contribution in [0.4, 0.5) is 0 Å². The lowest BCUT2D eigenvalue weighted by Gasteiger charge is -2.07. The van der Waals surface area contributed by atoms with E-state index in [0.29, 0.717) is 79.3 Å². The van der Waals surface area contributed by atoms with E-state index in [4.69, 9.17) is 28.4 Å². The molecule has 6 nitrogen and oxygen atoms in total. The van der Waals surface area contributed by atoms with Gasteiger partial charge >= 0.3 is 0 Å². The van der Waals surface area contributed by atoms with Gasteiger partial charge in [0, 0.05) is 0 Å². The molecule has 0 saturated heterocycles. The number of ether oxygens (including phenoxy) is 6. The van der Waals surface area contributed by atoms with E-state index >= 15 is 0 Å². The fourth-order valence-electron chi connectivity index (χ4n) is 1.35. The average Bonchev–Trinajstić information content (AvgIpc) is 2.46. The van der Waals surface area contributed by atoms with Crippen molar-refractivity contribution >= 4 is 0 Å². The molecule has 1 aliphatic rings. The summed E-state index contributed by atoms with van der Waals surface area (Å²) in [6.07, 6.45) is 0. The number of rotatable bonds is 0. The summed E-state index contributed by atoms with van der Waals surface area (Å²) < 4.78 is 31.9. The molecule has 0 saturated carbocycles. The highest BCUT2D eigenvalue weighted by Crippen LogP contribution is 1.84. The lowest BCUT2D eigenvalue weighted by atomic mass is 10.6. The first-order valence-corrected chi connectivity index (χ1v) is 6.92. The van der Waals surface area contributed by atoms with Gasteiger partial charge in [0.2, 0.25) is 0 Å². The first-order valence-electron chi connectivity index (χ1n) is 6.92. The van der Waals surface area contributed by atoms with Crippen LogP contribution in [-0.4, -0.2) is 79.3 Å². The third-order valence-electron chi connectivity index (χ3n) is 2.33. The van der Waals surface area contributed by atoms with Crippen LogP contribution in [0.25, 0.3) is 0 Å². The van der Waals surface area contributed by atoms with E-state index < -0.39 is 0 Å². The van der Waals surface area contributed by atoms with Gasteiger partial charge in [0.1, 0.15) is 13.2 Å². The minimum Gasteiger partial charge on any atom is -0.377 e. The van der Waals surface area contributed by atoms with E-state index in [1.165, 1.54) is 0 Å². The third-order valence-corrected chi connectivity index (χ3v) is 2.33. The Labute approximate surface area is 120 Å². The van der Waals surface area contributed by atoms with Crippen LogP contribution in [0.5, 0.6) is 0 Å². The second-order valence-corrected chi connectivity index (χ2v) is 3.91. The van der Waals surface area contributed by atoms with Crippen LogP contribution in [0, 0.1) is 11.8 Å². The minimum absolute atomic E-state index is 0.400. The van der Waals surface area contributed by atoms with Gasteiger partial charge in [0.15, 0.2) is 0 Å². The van der Waals surface area contributed by atoms with Crippen molar-refractivity contribution in [3.63, 3.8) is 0 Å². The van der Waals surface area contributed by atoms with Crippen LogP contribution in [0.1, 0.15) is 0 Å². The summed E-state index contributed by atoms with van der Waals surface area (Å²) in [5.41, 5.74) is 0. The summed E-state index contributed by atoms with van der Waals surface area (Å²) in [7, 11) is 0. The van der Waals surface area contributed by atoms with E-state index in [1.54, 1.807) is 0 Å². The van der Waals surface area contributed by atoms with Crippen molar-refractivity contribution in [1.29, 1.82) is 0 Å². The van der Waals surface area contributed by atoms with Crippen molar-refractivity contribution in [1.82, 2.24) is 0 Å². The lowest BCUT2D eigenvalue weighted by molar-refractivity contribution is -0.0145. The average molecular weight is 288 g/mol. The van der Waals surface area contributed by atoms with Gasteiger partial charge in [-0.2, -0.15) is 0 Å². The van der Waals surface area contributed by atoms with Crippen LogP contribution in [0.3, 0.4) is 0 Å². The topological polar surface area (TPSA) is 55.4 Å². The second kappa shape index (κ2) is 14.7. The van der Waals surface area contributed by atoms with Gasteiger partial charge in [-0.1, -0.05) is 11.8 Å². The Morgan fingerprint density at radius 2 is 0.600 bits per heavy atom. The van der Waals surface area contributed by atoms with Crippen LogP contribution >= 0.6 is 0 Å². The third kappa shape index (κ3) is 12.4. The fraction of sp³-hybridized carbons (Fsp3) is 0.857. The lowest BCUT2D eigenvalue weighted by Crippen LogP contribution is -2.14. The molecule has 1 heterocycles. The smallest absolute Gasteiger partial charge is 0.107 e. The maximum atomic E-state index is 5.34. The van der Waals surface area contributed by atoms with E-state index in [-0.39, 0.29) is 0 Å². The van der Waals surface area contributed by atoms with Gasteiger partial charge in [0.25, 0.3) is 0 Å². The predicted octanol–water partition coefficient (Wildman–Crippen LogP) is 0.103. The maximum Gasteiger partial charge on any atom is 0.107 e. The maximum absolute atomic E-state index is 5.34. The standard InChI is InChI=1S/C14H24O6/c1-2-4-16-6-8-18-10-12-20-14-13-19-11-9-17-7-5-15-3-1/h3-14H2. The van der Waals surface area contributed by atoms with Crippen molar-refractivity contribution in [3.8, 4) is 11.8 Å². The molecule has 0 radical (unpaired) electrons. The molecule has 0 aromatic heterocycles. The zero-order valence-electron chi connectivity index (χ0n) is 11.9. The molecule has 0 amide bonds. The summed E-state index contributed by atoms with van der Waals surface area (Å²) in [6.45, 7) is 6.36. The molecule has 0 fully saturated rings. The van der Waals surface area contributed by atoms with Crippen molar-refractivity contribution in [2.75, 3.05) is 79.3 Å². The summed E-state index contributed by atoms with van der Waals surface area (Å²) >= 11 is 0. The molecule has 0 unspecified atom stereocenters. The van der Waals surface area contributed by atoms with Gasteiger partial charge in [-0.3, -0.25) is 0 Å². The van der Waals surface area contributed by atoms with Gasteiger partial charge in [-0.25, -0.2) is 0 Å². The molecule has 116 valence electrons. The van der Waals surface area contributed by atoms with Gasteiger partial charge < -0.3 is 28.4 Å². The first-order chi connectivity index (χ1) is 10.0. The SMILES string of the molecule is C1#CCOCCOCCOCCOCCOCCOC1. The molecule has 0 aromatic carbocycles. The fourth-order valence-corrected chi connectivity index (χ4v) is 1.35. The molecule has 0 aliphatic carbocycles. The van der Waals surface area contributed by atoms with Gasteiger partial charge in [-0.15, -0.1) is 0 Å². The Balaban J connectivity index is 2.08. The van der Waals surface area contributed by atoms with Crippen LogP contribution in [-0.2, 0) is 28.4 Å². The molecule has 0 spiro atoms. The predicted molar refractivity (Wildman–Crippen MR) is 72.7 cm³/mol. The second-order valence-electron chi connectivity index (χ2n) is 3.91. The Morgan fingerprint density at radius 1 is 0.350 bits per heavy atom. The zero-order valence-corrected chi connectivity index (χ0v) is 11.9. The molecule has 20 heavy (non-hydrogen) atoms. The molecule has 0 aromatic rings. The molecular formula is C14H24O6. The summed E-state index contributed by atoms with van der Waals surface area (Å²) in [5, 5.41) is 0. The van der Waals surface area contributed by atoms with Crippen molar-refractivity contribution in [2.24, 2.45) is 0 Å². The van der Waals surface area contributed by atoms with Crippen molar-refractivity contribution in [3.05, 3.63) is 0 Å². The van der Waals surface area contributed by atoms with Crippen LogP contribution < -0.4 is 0 Å². The Bertz CT molecular complexity index is 236.